The Kier molecular flexibility index (Phi) is 6.88. The van der Waals surface area contributed by atoms with Crippen LogP contribution in [0.4, 0.5) is 5.69 Å². The molecule has 4 nitrogen and oxygen atoms in total. The average Bonchev–Trinajstić information content (AvgIpc) is 2.48. The molecule has 0 aromatic heterocycles. The van der Waals surface area contributed by atoms with Gasteiger partial charge in [0.05, 0.1) is 6.10 Å². The third-order valence-electron chi connectivity index (χ3n) is 3.75. The first-order valence-electron chi connectivity index (χ1n) is 7.94. The van der Waals surface area contributed by atoms with Crippen molar-refractivity contribution in [1.82, 2.24) is 0 Å². The van der Waals surface area contributed by atoms with Crippen LogP contribution in [0.5, 0.6) is 5.75 Å². The lowest BCUT2D eigenvalue weighted by atomic mass is 9.93. The Morgan fingerprint density at radius 2 is 1.82 bits per heavy atom. The maximum absolute atomic E-state index is 12.4. The maximum Gasteiger partial charge on any atom is 0.256 e. The molecule has 0 fully saturated rings. The predicted octanol–water partition coefficient (Wildman–Crippen LogP) is 4.25. The van der Waals surface area contributed by atoms with E-state index in [1.165, 1.54) is 0 Å². The summed E-state index contributed by atoms with van der Waals surface area (Å²) in [5, 5.41) is 2.91. The van der Waals surface area contributed by atoms with Crippen LogP contribution in [0.3, 0.4) is 0 Å². The zero-order valence-corrected chi connectivity index (χ0v) is 14.6. The number of carbonyl (C=O) groups excluding carboxylic acids is 1. The van der Waals surface area contributed by atoms with Crippen LogP contribution in [-0.4, -0.2) is 24.7 Å². The summed E-state index contributed by atoms with van der Waals surface area (Å²) in [6.45, 7) is 10.1. The Balaban J connectivity index is 2.71. The van der Waals surface area contributed by atoms with Crippen LogP contribution in [0.1, 0.15) is 47.5 Å². The minimum absolute atomic E-state index is 0.126. The van der Waals surface area contributed by atoms with Crippen LogP contribution in [0.2, 0.25) is 0 Å². The predicted molar refractivity (Wildman–Crippen MR) is 90.3 cm³/mol. The topological polar surface area (TPSA) is 47.6 Å². The molecular weight excluding hydrogens is 278 g/mol. The Morgan fingerprint density at radius 3 is 2.27 bits per heavy atom. The largest absolute Gasteiger partial charge is 0.491 e. The maximum atomic E-state index is 12.4. The minimum Gasteiger partial charge on any atom is -0.491 e. The van der Waals surface area contributed by atoms with Gasteiger partial charge in [0, 0.05) is 12.8 Å². The molecule has 4 heteroatoms. The Bertz CT molecular complexity index is 470. The summed E-state index contributed by atoms with van der Waals surface area (Å²) >= 11 is 0. The molecule has 22 heavy (non-hydrogen) atoms. The van der Waals surface area contributed by atoms with Gasteiger partial charge in [-0.3, -0.25) is 4.79 Å². The van der Waals surface area contributed by atoms with Crippen LogP contribution in [0.25, 0.3) is 0 Å². The number of hydrogen-bond donors (Lipinski definition) is 1. The summed E-state index contributed by atoms with van der Waals surface area (Å²) < 4.78 is 11.2. The lowest BCUT2D eigenvalue weighted by molar-refractivity contribution is -0.137. The molecule has 0 spiro atoms. The van der Waals surface area contributed by atoms with Crippen molar-refractivity contribution < 1.29 is 14.3 Å². The first-order chi connectivity index (χ1) is 10.3. The summed E-state index contributed by atoms with van der Waals surface area (Å²) in [7, 11) is 1.57. The number of carbonyl (C=O) groups is 1. The molecule has 1 aromatic carbocycles. The van der Waals surface area contributed by atoms with Crippen molar-refractivity contribution in [3.05, 3.63) is 24.3 Å². The van der Waals surface area contributed by atoms with E-state index < -0.39 is 5.60 Å². The third kappa shape index (κ3) is 5.34. The zero-order chi connectivity index (χ0) is 16.8. The van der Waals surface area contributed by atoms with Gasteiger partial charge in [-0.25, -0.2) is 0 Å². The van der Waals surface area contributed by atoms with Crippen LogP contribution < -0.4 is 10.1 Å². The summed E-state index contributed by atoms with van der Waals surface area (Å²) in [6, 6.07) is 7.44. The fraction of sp³-hybridized carbons (Fsp3) is 0.611. The van der Waals surface area contributed by atoms with E-state index in [9.17, 15) is 4.79 Å². The van der Waals surface area contributed by atoms with Crippen LogP contribution in [-0.2, 0) is 9.53 Å². The smallest absolute Gasteiger partial charge is 0.256 e. The molecular formula is C18H29NO3. The van der Waals surface area contributed by atoms with Crippen LogP contribution in [0.15, 0.2) is 24.3 Å². The zero-order valence-electron chi connectivity index (χ0n) is 14.6. The minimum atomic E-state index is -0.819. The fourth-order valence-electron chi connectivity index (χ4n) is 2.24. The molecule has 1 rings (SSSR count). The van der Waals surface area contributed by atoms with Gasteiger partial charge in [-0.15, -0.1) is 0 Å². The second kappa shape index (κ2) is 8.18. The van der Waals surface area contributed by atoms with Gasteiger partial charge >= 0.3 is 0 Å². The SMILES string of the molecule is CCC(C)Oc1ccc(NC(=O)C(C)(CC(C)C)OC)cc1. The number of methoxy groups -OCH3 is 1. The van der Waals surface area contributed by atoms with Crippen molar-refractivity contribution >= 4 is 11.6 Å². The van der Waals surface area contributed by atoms with Gasteiger partial charge < -0.3 is 14.8 Å². The van der Waals surface area contributed by atoms with E-state index in [2.05, 4.69) is 26.1 Å². The summed E-state index contributed by atoms with van der Waals surface area (Å²) in [4.78, 5) is 12.4. The van der Waals surface area contributed by atoms with E-state index in [1.54, 1.807) is 7.11 Å². The van der Waals surface area contributed by atoms with Gasteiger partial charge in [-0.1, -0.05) is 20.8 Å². The molecule has 124 valence electrons. The van der Waals surface area contributed by atoms with Crippen molar-refractivity contribution in [2.45, 2.75) is 59.2 Å². The average molecular weight is 307 g/mol. The van der Waals surface area contributed by atoms with Crippen molar-refractivity contribution in [2.24, 2.45) is 5.92 Å². The molecule has 1 amide bonds. The highest BCUT2D eigenvalue weighted by Gasteiger charge is 2.33. The number of anilines is 1. The Labute approximate surface area is 134 Å². The Hall–Kier alpha value is -1.55. The van der Waals surface area contributed by atoms with Gasteiger partial charge in [0.15, 0.2) is 0 Å². The molecule has 2 unspecified atom stereocenters. The third-order valence-corrected chi connectivity index (χ3v) is 3.75. The van der Waals surface area contributed by atoms with Crippen molar-refractivity contribution in [3.63, 3.8) is 0 Å². The van der Waals surface area contributed by atoms with Crippen molar-refractivity contribution in [1.29, 1.82) is 0 Å². The first-order valence-corrected chi connectivity index (χ1v) is 7.94. The van der Waals surface area contributed by atoms with Gasteiger partial charge in [0.25, 0.3) is 5.91 Å². The van der Waals surface area contributed by atoms with E-state index in [-0.39, 0.29) is 12.0 Å². The number of hydrogen-bond acceptors (Lipinski definition) is 3. The molecule has 0 saturated heterocycles. The molecule has 0 aliphatic carbocycles. The normalized spacial score (nSPS) is 15.2. The monoisotopic (exact) mass is 307 g/mol. The van der Waals surface area contributed by atoms with E-state index in [1.807, 2.05) is 38.1 Å². The summed E-state index contributed by atoms with van der Waals surface area (Å²) in [6.07, 6.45) is 1.81. The van der Waals surface area contributed by atoms with Gasteiger partial charge in [-0.2, -0.15) is 0 Å². The summed E-state index contributed by atoms with van der Waals surface area (Å²) in [5.41, 5.74) is -0.0754. The molecule has 2 atom stereocenters. The number of amides is 1. The second-order valence-corrected chi connectivity index (χ2v) is 6.35. The van der Waals surface area contributed by atoms with Gasteiger partial charge in [0.2, 0.25) is 0 Å². The number of rotatable bonds is 8. The molecule has 0 radical (unpaired) electrons. The number of ether oxygens (including phenoxy) is 2. The van der Waals surface area contributed by atoms with Gasteiger partial charge in [-0.05, 0) is 56.9 Å². The number of benzene rings is 1. The lowest BCUT2D eigenvalue weighted by Gasteiger charge is -2.28. The van der Waals surface area contributed by atoms with E-state index >= 15 is 0 Å². The standard InChI is InChI=1S/C18H29NO3/c1-7-14(4)22-16-10-8-15(9-11-16)19-17(20)18(5,21-6)12-13(2)3/h8-11,13-14H,7,12H2,1-6H3,(H,19,20). The van der Waals surface area contributed by atoms with Crippen LogP contribution >= 0.6 is 0 Å². The highest BCUT2D eigenvalue weighted by molar-refractivity contribution is 5.97. The Morgan fingerprint density at radius 1 is 1.23 bits per heavy atom. The van der Waals surface area contributed by atoms with Gasteiger partial charge in [0.1, 0.15) is 11.4 Å². The highest BCUT2D eigenvalue weighted by Crippen LogP contribution is 2.23. The second-order valence-electron chi connectivity index (χ2n) is 6.35. The quantitative estimate of drug-likeness (QED) is 0.781. The first kappa shape index (κ1) is 18.5. The molecule has 0 saturated carbocycles. The molecule has 0 heterocycles. The molecule has 0 aliphatic heterocycles. The lowest BCUT2D eigenvalue weighted by Crippen LogP contribution is -2.43. The molecule has 1 aromatic rings. The van der Waals surface area contributed by atoms with Crippen LogP contribution in [0, 0.1) is 5.92 Å². The van der Waals surface area contributed by atoms with E-state index in [4.69, 9.17) is 9.47 Å². The summed E-state index contributed by atoms with van der Waals surface area (Å²) in [5.74, 6) is 1.06. The number of nitrogens with one attached hydrogen (secondary N) is 1. The highest BCUT2D eigenvalue weighted by atomic mass is 16.5. The van der Waals surface area contributed by atoms with E-state index in [0.29, 0.717) is 12.3 Å². The molecule has 1 N–H and O–H groups in total. The fourth-order valence-corrected chi connectivity index (χ4v) is 2.24. The van der Waals surface area contributed by atoms with E-state index in [0.717, 1.165) is 17.9 Å². The van der Waals surface area contributed by atoms with Crippen molar-refractivity contribution in [3.8, 4) is 5.75 Å². The van der Waals surface area contributed by atoms with Crippen molar-refractivity contribution in [2.75, 3.05) is 12.4 Å². The molecule has 0 bridgehead atoms. The molecule has 0 aliphatic rings.